The monoisotopic (exact) mass is 279 g/mol. The maximum absolute atomic E-state index is 4.60. The number of aromatic nitrogens is 2. The summed E-state index contributed by atoms with van der Waals surface area (Å²) in [4.78, 5) is 12.9. The molecule has 5 heteroatoms. The van der Waals surface area contributed by atoms with Crippen LogP contribution in [-0.4, -0.2) is 60.0 Å². The van der Waals surface area contributed by atoms with Crippen LogP contribution in [0.3, 0.4) is 0 Å². The summed E-state index contributed by atoms with van der Waals surface area (Å²) in [6.07, 6.45) is 3.20. The third-order valence-corrected chi connectivity index (χ3v) is 3.90. The standard InChI is InChI=1S/C15H29N5/c1-12(2)8-16-9-13-10-17-15(18-13)14-11-19(3)6-5-7-20(14)4/h10,12,14,16H,5-9,11H2,1-4H3,(H,17,18). The minimum absolute atomic E-state index is 0.376. The molecule has 114 valence electrons. The number of rotatable bonds is 5. The van der Waals surface area contributed by atoms with E-state index in [0.717, 1.165) is 32.0 Å². The molecule has 1 aliphatic heterocycles. The molecule has 0 spiro atoms. The Bertz CT molecular complexity index is 401. The fraction of sp³-hybridized carbons (Fsp3) is 0.800. The highest BCUT2D eigenvalue weighted by Crippen LogP contribution is 2.20. The number of nitrogens with zero attached hydrogens (tertiary/aromatic N) is 3. The summed E-state index contributed by atoms with van der Waals surface area (Å²) in [6.45, 7) is 9.71. The molecule has 0 saturated carbocycles. The van der Waals surface area contributed by atoms with Crippen LogP contribution in [0.25, 0.3) is 0 Å². The maximum Gasteiger partial charge on any atom is 0.125 e. The molecule has 1 unspecified atom stereocenters. The van der Waals surface area contributed by atoms with Crippen molar-refractivity contribution < 1.29 is 0 Å². The van der Waals surface area contributed by atoms with Crippen molar-refractivity contribution in [2.75, 3.05) is 40.3 Å². The van der Waals surface area contributed by atoms with Crippen LogP contribution in [0, 0.1) is 5.92 Å². The molecule has 1 aromatic rings. The van der Waals surface area contributed by atoms with Crippen molar-refractivity contribution in [3.05, 3.63) is 17.7 Å². The number of nitrogens with one attached hydrogen (secondary N) is 2. The zero-order valence-electron chi connectivity index (χ0n) is 13.3. The average molecular weight is 279 g/mol. The summed E-state index contributed by atoms with van der Waals surface area (Å²) >= 11 is 0. The summed E-state index contributed by atoms with van der Waals surface area (Å²) in [5.41, 5.74) is 1.18. The van der Waals surface area contributed by atoms with E-state index in [0.29, 0.717) is 12.0 Å². The number of imidazole rings is 1. The van der Waals surface area contributed by atoms with Gasteiger partial charge in [0, 0.05) is 25.0 Å². The molecule has 0 aliphatic carbocycles. The Morgan fingerprint density at radius 3 is 2.95 bits per heavy atom. The molecular weight excluding hydrogens is 250 g/mol. The highest BCUT2D eigenvalue weighted by molar-refractivity contribution is 5.06. The fourth-order valence-corrected chi connectivity index (χ4v) is 2.70. The lowest BCUT2D eigenvalue weighted by atomic mass is 10.2. The number of aromatic amines is 1. The highest BCUT2D eigenvalue weighted by Gasteiger charge is 2.24. The lowest BCUT2D eigenvalue weighted by Gasteiger charge is -2.25. The second kappa shape index (κ2) is 7.20. The third kappa shape index (κ3) is 4.30. The van der Waals surface area contributed by atoms with Gasteiger partial charge in [0.2, 0.25) is 0 Å². The van der Waals surface area contributed by atoms with Gasteiger partial charge in [-0.3, -0.25) is 4.90 Å². The van der Waals surface area contributed by atoms with Crippen LogP contribution in [0.15, 0.2) is 6.20 Å². The minimum Gasteiger partial charge on any atom is -0.343 e. The molecule has 1 atom stereocenters. The van der Waals surface area contributed by atoms with Crippen molar-refractivity contribution in [2.24, 2.45) is 5.92 Å². The molecule has 2 heterocycles. The predicted molar refractivity (Wildman–Crippen MR) is 82.6 cm³/mol. The molecule has 0 bridgehead atoms. The van der Waals surface area contributed by atoms with E-state index in [9.17, 15) is 0 Å². The van der Waals surface area contributed by atoms with Crippen molar-refractivity contribution in [3.8, 4) is 0 Å². The van der Waals surface area contributed by atoms with Gasteiger partial charge in [-0.1, -0.05) is 13.8 Å². The highest BCUT2D eigenvalue weighted by atomic mass is 15.2. The molecule has 1 fully saturated rings. The van der Waals surface area contributed by atoms with E-state index in [2.05, 4.69) is 53.0 Å². The van der Waals surface area contributed by atoms with Gasteiger partial charge in [-0.2, -0.15) is 0 Å². The summed E-state index contributed by atoms with van der Waals surface area (Å²) in [5, 5.41) is 3.45. The van der Waals surface area contributed by atoms with Crippen molar-refractivity contribution in [1.29, 1.82) is 0 Å². The number of likely N-dealkylation sites (N-methyl/N-ethyl adjacent to an activating group) is 2. The van der Waals surface area contributed by atoms with Crippen molar-refractivity contribution in [1.82, 2.24) is 25.1 Å². The Balaban J connectivity index is 1.95. The second-order valence-electron chi connectivity index (χ2n) is 6.43. The molecule has 5 nitrogen and oxygen atoms in total. The van der Waals surface area contributed by atoms with Gasteiger partial charge in [0.25, 0.3) is 0 Å². The van der Waals surface area contributed by atoms with Gasteiger partial charge in [-0.05, 0) is 46.1 Å². The van der Waals surface area contributed by atoms with Crippen LogP contribution in [0.2, 0.25) is 0 Å². The van der Waals surface area contributed by atoms with E-state index in [1.807, 2.05) is 6.20 Å². The van der Waals surface area contributed by atoms with Crippen LogP contribution < -0.4 is 5.32 Å². The first-order valence-electron chi connectivity index (χ1n) is 7.69. The van der Waals surface area contributed by atoms with Crippen LogP contribution in [-0.2, 0) is 6.54 Å². The van der Waals surface area contributed by atoms with Gasteiger partial charge in [0.15, 0.2) is 0 Å². The van der Waals surface area contributed by atoms with E-state index < -0.39 is 0 Å². The van der Waals surface area contributed by atoms with Crippen LogP contribution >= 0.6 is 0 Å². The minimum atomic E-state index is 0.376. The second-order valence-corrected chi connectivity index (χ2v) is 6.43. The lowest BCUT2D eigenvalue weighted by molar-refractivity contribution is 0.220. The maximum atomic E-state index is 4.60. The molecular formula is C15H29N5. The zero-order chi connectivity index (χ0) is 14.5. The molecule has 1 saturated heterocycles. The largest absolute Gasteiger partial charge is 0.343 e. The van der Waals surface area contributed by atoms with Crippen molar-refractivity contribution in [3.63, 3.8) is 0 Å². The molecule has 2 rings (SSSR count). The Hall–Kier alpha value is -0.910. The van der Waals surface area contributed by atoms with E-state index in [1.54, 1.807) is 0 Å². The number of hydrogen-bond donors (Lipinski definition) is 2. The zero-order valence-corrected chi connectivity index (χ0v) is 13.3. The summed E-state index contributed by atoms with van der Waals surface area (Å²) in [7, 11) is 4.39. The van der Waals surface area contributed by atoms with Crippen LogP contribution in [0.4, 0.5) is 0 Å². The average Bonchev–Trinajstić information content (AvgIpc) is 2.77. The first-order chi connectivity index (χ1) is 9.56. The summed E-state index contributed by atoms with van der Waals surface area (Å²) in [6, 6.07) is 0.376. The van der Waals surface area contributed by atoms with Gasteiger partial charge in [0.1, 0.15) is 5.82 Å². The summed E-state index contributed by atoms with van der Waals surface area (Å²) in [5.74, 6) is 1.78. The van der Waals surface area contributed by atoms with Gasteiger partial charge in [0.05, 0.1) is 6.04 Å². The topological polar surface area (TPSA) is 47.2 Å². The number of hydrogen-bond acceptors (Lipinski definition) is 4. The van der Waals surface area contributed by atoms with Crippen LogP contribution in [0.5, 0.6) is 0 Å². The van der Waals surface area contributed by atoms with E-state index in [4.69, 9.17) is 0 Å². The van der Waals surface area contributed by atoms with E-state index >= 15 is 0 Å². The third-order valence-electron chi connectivity index (χ3n) is 3.90. The van der Waals surface area contributed by atoms with E-state index in [-0.39, 0.29) is 0 Å². The molecule has 0 aromatic carbocycles. The summed E-state index contributed by atoms with van der Waals surface area (Å²) < 4.78 is 0. The quantitative estimate of drug-likeness (QED) is 0.857. The van der Waals surface area contributed by atoms with E-state index in [1.165, 1.54) is 18.7 Å². The molecule has 1 aromatic heterocycles. The Kier molecular flexibility index (Phi) is 5.57. The molecule has 0 amide bonds. The Labute approximate surface area is 122 Å². The van der Waals surface area contributed by atoms with Crippen LogP contribution in [0.1, 0.15) is 37.8 Å². The fourth-order valence-electron chi connectivity index (χ4n) is 2.70. The normalized spacial score (nSPS) is 22.4. The molecule has 0 radical (unpaired) electrons. The first-order valence-corrected chi connectivity index (χ1v) is 7.69. The number of H-pyrrole nitrogens is 1. The van der Waals surface area contributed by atoms with Crippen molar-refractivity contribution in [2.45, 2.75) is 32.9 Å². The smallest absolute Gasteiger partial charge is 0.125 e. The Morgan fingerprint density at radius 1 is 1.40 bits per heavy atom. The molecule has 2 N–H and O–H groups in total. The molecule has 1 aliphatic rings. The first kappa shape index (κ1) is 15.5. The van der Waals surface area contributed by atoms with Crippen molar-refractivity contribution >= 4 is 0 Å². The van der Waals surface area contributed by atoms with Gasteiger partial charge >= 0.3 is 0 Å². The van der Waals surface area contributed by atoms with Gasteiger partial charge in [-0.25, -0.2) is 4.98 Å². The van der Waals surface area contributed by atoms with Gasteiger partial charge < -0.3 is 15.2 Å². The Morgan fingerprint density at radius 2 is 2.20 bits per heavy atom. The SMILES string of the molecule is CC(C)CNCc1cnc(C2CN(C)CCCN2C)[nH]1. The van der Waals surface area contributed by atoms with Gasteiger partial charge in [-0.15, -0.1) is 0 Å². The predicted octanol–water partition coefficient (Wildman–Crippen LogP) is 1.46. The lowest BCUT2D eigenvalue weighted by Crippen LogP contribution is -2.31. The molecule has 20 heavy (non-hydrogen) atoms.